The van der Waals surface area contributed by atoms with Crippen LogP contribution in [0.2, 0.25) is 0 Å². The van der Waals surface area contributed by atoms with Crippen LogP contribution in [0.4, 0.5) is 0 Å². The molecule has 0 atom stereocenters. The maximum Gasteiger partial charge on any atom is 0.335 e. The first-order valence-corrected chi connectivity index (χ1v) is 6.14. The molecule has 1 heterocycles. The Morgan fingerprint density at radius 2 is 2.11 bits per heavy atom. The molecule has 1 N–H and O–H groups in total. The van der Waals surface area contributed by atoms with Crippen LogP contribution >= 0.6 is 0 Å². The molecule has 0 unspecified atom stereocenters. The van der Waals surface area contributed by atoms with Crippen molar-refractivity contribution in [3.8, 4) is 5.69 Å². The number of aromatic carboxylic acids is 1. The molecule has 0 amide bonds. The number of aryl methyl sites for hydroxylation is 1. The minimum absolute atomic E-state index is 0.311. The van der Waals surface area contributed by atoms with Gasteiger partial charge in [0, 0.05) is 11.4 Å². The van der Waals surface area contributed by atoms with Crippen molar-refractivity contribution in [3.05, 3.63) is 47.5 Å². The predicted molar refractivity (Wildman–Crippen MR) is 67.2 cm³/mol. The number of carboxylic acids is 1. The summed E-state index contributed by atoms with van der Waals surface area (Å²) in [4.78, 5) is 15.4. The van der Waals surface area contributed by atoms with E-state index in [4.69, 9.17) is 5.11 Å². The number of fused-ring (bicyclic) bond motifs is 1. The van der Waals surface area contributed by atoms with Crippen LogP contribution < -0.4 is 0 Å². The molecule has 18 heavy (non-hydrogen) atoms. The molecule has 4 heteroatoms. The Labute approximate surface area is 105 Å². The number of nitrogens with zero attached hydrogens (tertiary/aromatic N) is 2. The minimum atomic E-state index is -0.897. The second-order valence-corrected chi connectivity index (χ2v) is 4.57. The number of aromatic nitrogens is 2. The fourth-order valence-electron chi connectivity index (χ4n) is 2.48. The quantitative estimate of drug-likeness (QED) is 0.880. The molecule has 1 aliphatic rings. The largest absolute Gasteiger partial charge is 0.478 e. The third kappa shape index (κ3) is 1.79. The molecule has 1 aromatic carbocycles. The summed E-state index contributed by atoms with van der Waals surface area (Å²) in [5, 5.41) is 9.02. The van der Waals surface area contributed by atoms with Crippen LogP contribution in [0.5, 0.6) is 0 Å². The van der Waals surface area contributed by atoms with Crippen molar-refractivity contribution in [1.29, 1.82) is 0 Å². The highest BCUT2D eigenvalue weighted by atomic mass is 16.4. The van der Waals surface area contributed by atoms with Crippen LogP contribution in [0.25, 0.3) is 5.69 Å². The summed E-state index contributed by atoms with van der Waals surface area (Å²) in [7, 11) is 0. The smallest absolute Gasteiger partial charge is 0.335 e. The molecule has 0 bridgehead atoms. The lowest BCUT2D eigenvalue weighted by molar-refractivity contribution is 0.0697. The highest BCUT2D eigenvalue weighted by Gasteiger charge is 2.16. The Kier molecular flexibility index (Phi) is 2.63. The number of carbonyl (C=O) groups is 1. The lowest BCUT2D eigenvalue weighted by Crippen LogP contribution is -2.07. The zero-order valence-corrected chi connectivity index (χ0v) is 9.97. The first-order chi connectivity index (χ1) is 8.75. The average molecular weight is 242 g/mol. The van der Waals surface area contributed by atoms with E-state index in [0.29, 0.717) is 5.56 Å². The molecule has 0 spiro atoms. The molecular weight excluding hydrogens is 228 g/mol. The summed E-state index contributed by atoms with van der Waals surface area (Å²) in [5.74, 6) is -0.897. The van der Waals surface area contributed by atoms with Crippen molar-refractivity contribution in [1.82, 2.24) is 9.55 Å². The molecule has 2 aromatic rings. The lowest BCUT2D eigenvalue weighted by Gasteiger charge is -2.14. The van der Waals surface area contributed by atoms with Crippen LogP contribution in [0.1, 0.15) is 34.6 Å². The van der Waals surface area contributed by atoms with E-state index in [1.807, 2.05) is 10.6 Å². The third-order valence-corrected chi connectivity index (χ3v) is 3.40. The summed E-state index contributed by atoms with van der Waals surface area (Å²) in [5.41, 5.74) is 3.57. The minimum Gasteiger partial charge on any atom is -0.478 e. The van der Waals surface area contributed by atoms with E-state index in [-0.39, 0.29) is 0 Å². The van der Waals surface area contributed by atoms with Gasteiger partial charge in [-0.15, -0.1) is 0 Å². The van der Waals surface area contributed by atoms with Gasteiger partial charge in [-0.3, -0.25) is 0 Å². The van der Waals surface area contributed by atoms with E-state index < -0.39 is 5.97 Å². The van der Waals surface area contributed by atoms with Gasteiger partial charge in [0.25, 0.3) is 0 Å². The summed E-state index contributed by atoms with van der Waals surface area (Å²) in [6.45, 7) is 0. The van der Waals surface area contributed by atoms with E-state index in [1.165, 1.54) is 18.5 Å². The molecule has 0 radical (unpaired) electrons. The Morgan fingerprint density at radius 1 is 1.28 bits per heavy atom. The number of benzene rings is 1. The van der Waals surface area contributed by atoms with Crippen LogP contribution in [0.3, 0.4) is 0 Å². The van der Waals surface area contributed by atoms with Gasteiger partial charge in [0.1, 0.15) is 0 Å². The molecule has 0 fully saturated rings. The van der Waals surface area contributed by atoms with Crippen molar-refractivity contribution in [2.75, 3.05) is 0 Å². The SMILES string of the molecule is O=C(O)c1cccc(-n2cnc3c2CCCC3)c1. The summed E-state index contributed by atoms with van der Waals surface area (Å²) in [6.07, 6.45) is 6.22. The Balaban J connectivity index is 2.07. The van der Waals surface area contributed by atoms with Gasteiger partial charge in [-0.25, -0.2) is 9.78 Å². The van der Waals surface area contributed by atoms with Gasteiger partial charge in [0.15, 0.2) is 0 Å². The molecule has 0 saturated heterocycles. The zero-order valence-electron chi connectivity index (χ0n) is 9.97. The normalized spacial score (nSPS) is 14.2. The average Bonchev–Trinajstić information content (AvgIpc) is 2.82. The number of hydrogen-bond acceptors (Lipinski definition) is 2. The second kappa shape index (κ2) is 4.29. The fourth-order valence-corrected chi connectivity index (χ4v) is 2.48. The summed E-state index contributed by atoms with van der Waals surface area (Å²) >= 11 is 0. The summed E-state index contributed by atoms with van der Waals surface area (Å²) in [6, 6.07) is 6.99. The maximum atomic E-state index is 11.0. The maximum absolute atomic E-state index is 11.0. The van der Waals surface area contributed by atoms with Gasteiger partial charge in [0.2, 0.25) is 0 Å². The molecule has 0 saturated carbocycles. The Morgan fingerprint density at radius 3 is 2.94 bits per heavy atom. The highest BCUT2D eigenvalue weighted by molar-refractivity contribution is 5.88. The topological polar surface area (TPSA) is 55.1 Å². The number of rotatable bonds is 2. The molecular formula is C14H14N2O2. The van der Waals surface area contributed by atoms with Crippen LogP contribution in [0.15, 0.2) is 30.6 Å². The highest BCUT2D eigenvalue weighted by Crippen LogP contribution is 2.23. The first kappa shape index (κ1) is 11.0. The Hall–Kier alpha value is -2.10. The molecule has 1 aromatic heterocycles. The Bertz CT molecular complexity index is 602. The van der Waals surface area contributed by atoms with E-state index in [1.54, 1.807) is 24.5 Å². The standard InChI is InChI=1S/C14H14N2O2/c17-14(18)10-4-3-5-11(8-10)16-9-15-12-6-1-2-7-13(12)16/h3-5,8-9H,1-2,6-7H2,(H,17,18). The van der Waals surface area contributed by atoms with Crippen LogP contribution in [-0.2, 0) is 12.8 Å². The van der Waals surface area contributed by atoms with E-state index >= 15 is 0 Å². The molecule has 92 valence electrons. The van der Waals surface area contributed by atoms with Crippen molar-refractivity contribution in [3.63, 3.8) is 0 Å². The number of hydrogen-bond donors (Lipinski definition) is 1. The summed E-state index contributed by atoms with van der Waals surface area (Å²) < 4.78 is 2.01. The molecule has 3 rings (SSSR count). The first-order valence-electron chi connectivity index (χ1n) is 6.14. The van der Waals surface area contributed by atoms with Crippen molar-refractivity contribution >= 4 is 5.97 Å². The van der Waals surface area contributed by atoms with Gasteiger partial charge in [-0.1, -0.05) is 6.07 Å². The van der Waals surface area contributed by atoms with Crippen LogP contribution in [-0.4, -0.2) is 20.6 Å². The monoisotopic (exact) mass is 242 g/mol. The van der Waals surface area contributed by atoms with Crippen LogP contribution in [0, 0.1) is 0 Å². The number of imidazole rings is 1. The lowest BCUT2D eigenvalue weighted by atomic mass is 10.0. The van der Waals surface area contributed by atoms with Crippen molar-refractivity contribution in [2.45, 2.75) is 25.7 Å². The number of carboxylic acid groups (broad SMARTS) is 1. The van der Waals surface area contributed by atoms with Gasteiger partial charge in [-0.2, -0.15) is 0 Å². The third-order valence-electron chi connectivity index (χ3n) is 3.40. The molecule has 1 aliphatic carbocycles. The molecule has 4 nitrogen and oxygen atoms in total. The van der Waals surface area contributed by atoms with Crippen molar-refractivity contribution < 1.29 is 9.90 Å². The van der Waals surface area contributed by atoms with Crippen molar-refractivity contribution in [2.24, 2.45) is 0 Å². The van der Waals surface area contributed by atoms with E-state index in [2.05, 4.69) is 4.98 Å². The molecule has 0 aliphatic heterocycles. The van der Waals surface area contributed by atoms with Gasteiger partial charge >= 0.3 is 5.97 Å². The van der Waals surface area contributed by atoms with E-state index in [9.17, 15) is 4.79 Å². The predicted octanol–water partition coefficient (Wildman–Crippen LogP) is 2.45. The fraction of sp³-hybridized carbons (Fsp3) is 0.286. The van der Waals surface area contributed by atoms with E-state index in [0.717, 1.165) is 24.2 Å². The second-order valence-electron chi connectivity index (χ2n) is 4.57. The zero-order chi connectivity index (χ0) is 12.5. The van der Waals surface area contributed by atoms with Gasteiger partial charge < -0.3 is 9.67 Å². The van der Waals surface area contributed by atoms with Gasteiger partial charge in [0.05, 0.1) is 17.6 Å². The van der Waals surface area contributed by atoms with Gasteiger partial charge in [-0.05, 0) is 43.9 Å².